The van der Waals surface area contributed by atoms with Crippen molar-refractivity contribution in [3.63, 3.8) is 0 Å². The van der Waals surface area contributed by atoms with Crippen LogP contribution in [0.2, 0.25) is 5.02 Å². The maximum Gasteiger partial charge on any atom is 0.330 e. The van der Waals surface area contributed by atoms with Crippen LogP contribution in [0.1, 0.15) is 25.3 Å². The largest absolute Gasteiger partial charge is 0.466 e. The first-order valence-electron chi connectivity index (χ1n) is 10.4. The number of carbonyl (C=O) groups is 1. The minimum Gasteiger partial charge on any atom is -0.466 e. The maximum absolute atomic E-state index is 13.0. The van der Waals surface area contributed by atoms with Crippen LogP contribution in [0.15, 0.2) is 21.7 Å². The highest BCUT2D eigenvalue weighted by Crippen LogP contribution is 2.22. The van der Waals surface area contributed by atoms with E-state index in [4.69, 9.17) is 16.3 Å². The van der Waals surface area contributed by atoms with Crippen LogP contribution in [0, 0.1) is 12.8 Å². The van der Waals surface area contributed by atoms with Crippen LogP contribution in [-0.2, 0) is 16.1 Å². The summed E-state index contributed by atoms with van der Waals surface area (Å²) in [6, 6.07) is 3.44. The van der Waals surface area contributed by atoms with E-state index in [2.05, 4.69) is 19.9 Å². The zero-order valence-electron chi connectivity index (χ0n) is 17.5. The molecule has 31 heavy (non-hydrogen) atoms. The molecule has 0 radical (unpaired) electrons. The van der Waals surface area contributed by atoms with Crippen LogP contribution in [0.4, 0.5) is 0 Å². The first-order valence-corrected chi connectivity index (χ1v) is 10.7. The number of hydrogen-bond donors (Lipinski definition) is 1. The third-order valence-corrected chi connectivity index (χ3v) is 6.12. The number of benzene rings is 1. The Labute approximate surface area is 183 Å². The van der Waals surface area contributed by atoms with Gasteiger partial charge in [0.25, 0.3) is 5.56 Å². The number of esters is 1. The lowest BCUT2D eigenvalue weighted by Gasteiger charge is -2.30. The first kappa shape index (κ1) is 21.5. The van der Waals surface area contributed by atoms with Gasteiger partial charge in [-0.15, -0.1) is 0 Å². The van der Waals surface area contributed by atoms with E-state index in [1.165, 1.54) is 0 Å². The molecule has 0 amide bonds. The summed E-state index contributed by atoms with van der Waals surface area (Å²) in [6.07, 6.45) is 1.42. The Morgan fingerprint density at radius 2 is 1.90 bits per heavy atom. The van der Waals surface area contributed by atoms with Crippen molar-refractivity contribution in [3.8, 4) is 0 Å². The smallest absolute Gasteiger partial charge is 0.330 e. The Hall–Kier alpha value is -2.78. The zero-order chi connectivity index (χ0) is 22.1. The van der Waals surface area contributed by atoms with E-state index >= 15 is 0 Å². The molecule has 4 rings (SSSR count). The SMILES string of the molecule is CCOC(=O)C1CCN(CCn2c(=O)[nH]c3nc4cc(Cl)c(C)cc4nc3c2=O)CC1. The highest BCUT2D eigenvalue weighted by atomic mass is 35.5. The zero-order valence-corrected chi connectivity index (χ0v) is 18.2. The lowest BCUT2D eigenvalue weighted by Crippen LogP contribution is -2.42. The molecule has 3 heterocycles. The van der Waals surface area contributed by atoms with Gasteiger partial charge in [-0.2, -0.15) is 0 Å². The standard InChI is InChI=1S/C21H24ClN5O4/c1-3-31-20(29)13-4-6-26(7-5-13)8-9-27-19(28)17-18(25-21(27)30)24-16-11-14(22)12(2)10-15(16)23-17/h10-11,13H,3-9H2,1-2H3,(H,24,25,30). The second-order valence-electron chi connectivity index (χ2n) is 7.77. The molecule has 0 aliphatic carbocycles. The maximum atomic E-state index is 13.0. The fraction of sp³-hybridized carbons (Fsp3) is 0.476. The first-order chi connectivity index (χ1) is 14.9. The molecule has 0 unspecified atom stereocenters. The minimum atomic E-state index is -0.522. The second-order valence-corrected chi connectivity index (χ2v) is 8.17. The van der Waals surface area contributed by atoms with Crippen molar-refractivity contribution in [1.82, 2.24) is 24.4 Å². The number of hydrogen-bond acceptors (Lipinski definition) is 7. The number of halogens is 1. The molecule has 10 heteroatoms. The fourth-order valence-corrected chi connectivity index (χ4v) is 4.06. The average Bonchev–Trinajstić information content (AvgIpc) is 2.74. The lowest BCUT2D eigenvalue weighted by atomic mass is 9.97. The van der Waals surface area contributed by atoms with E-state index < -0.39 is 11.2 Å². The van der Waals surface area contributed by atoms with Crippen LogP contribution >= 0.6 is 11.6 Å². The van der Waals surface area contributed by atoms with E-state index in [1.807, 2.05) is 6.92 Å². The van der Waals surface area contributed by atoms with Crippen LogP contribution in [0.5, 0.6) is 0 Å². The van der Waals surface area contributed by atoms with Gasteiger partial charge >= 0.3 is 11.7 Å². The van der Waals surface area contributed by atoms with Crippen molar-refractivity contribution in [1.29, 1.82) is 0 Å². The Morgan fingerprint density at radius 1 is 1.19 bits per heavy atom. The van der Waals surface area contributed by atoms with Gasteiger partial charge in [-0.05, 0) is 57.5 Å². The third-order valence-electron chi connectivity index (χ3n) is 5.71. The molecule has 1 aliphatic heterocycles. The van der Waals surface area contributed by atoms with Crippen LogP contribution in [0.25, 0.3) is 22.2 Å². The molecular formula is C21H24ClN5O4. The van der Waals surface area contributed by atoms with Crippen molar-refractivity contribution in [2.24, 2.45) is 5.92 Å². The van der Waals surface area contributed by atoms with Gasteiger partial charge in [0.05, 0.1) is 23.6 Å². The number of ether oxygens (including phenoxy) is 1. The molecule has 9 nitrogen and oxygen atoms in total. The van der Waals surface area contributed by atoms with E-state index in [0.717, 1.165) is 10.1 Å². The summed E-state index contributed by atoms with van der Waals surface area (Å²) in [6.45, 7) is 6.23. The summed E-state index contributed by atoms with van der Waals surface area (Å²) in [5, 5.41) is 0.545. The quantitative estimate of drug-likeness (QED) is 0.471. The molecule has 2 aromatic heterocycles. The van der Waals surface area contributed by atoms with Crippen molar-refractivity contribution >= 4 is 39.8 Å². The van der Waals surface area contributed by atoms with Crippen LogP contribution in [0.3, 0.4) is 0 Å². The highest BCUT2D eigenvalue weighted by molar-refractivity contribution is 6.32. The molecular weight excluding hydrogens is 422 g/mol. The number of nitrogens with zero attached hydrogens (tertiary/aromatic N) is 4. The number of rotatable bonds is 5. The number of fused-ring (bicyclic) bond motifs is 2. The summed E-state index contributed by atoms with van der Waals surface area (Å²) < 4.78 is 6.25. The van der Waals surface area contributed by atoms with E-state index in [0.29, 0.717) is 55.1 Å². The number of likely N-dealkylation sites (tertiary alicyclic amines) is 1. The molecule has 1 saturated heterocycles. The molecule has 1 aromatic carbocycles. The van der Waals surface area contributed by atoms with E-state index in [9.17, 15) is 14.4 Å². The molecule has 1 N–H and O–H groups in total. The van der Waals surface area contributed by atoms with Gasteiger partial charge in [0.1, 0.15) is 0 Å². The van der Waals surface area contributed by atoms with Crippen molar-refractivity contribution in [3.05, 3.63) is 43.6 Å². The monoisotopic (exact) mass is 445 g/mol. The van der Waals surface area contributed by atoms with Gasteiger partial charge in [0.15, 0.2) is 11.2 Å². The van der Waals surface area contributed by atoms with Gasteiger partial charge in [-0.1, -0.05) is 11.6 Å². The predicted molar refractivity (Wildman–Crippen MR) is 117 cm³/mol. The summed E-state index contributed by atoms with van der Waals surface area (Å²) >= 11 is 6.15. The van der Waals surface area contributed by atoms with Crippen LogP contribution in [-0.4, -0.2) is 56.6 Å². The molecule has 0 saturated carbocycles. The number of piperidine rings is 1. The highest BCUT2D eigenvalue weighted by Gasteiger charge is 2.26. The van der Waals surface area contributed by atoms with Gasteiger partial charge < -0.3 is 9.64 Å². The number of aromatic nitrogens is 4. The molecule has 1 aliphatic rings. The van der Waals surface area contributed by atoms with Gasteiger partial charge in [0, 0.05) is 18.1 Å². The topological polar surface area (TPSA) is 110 Å². The van der Waals surface area contributed by atoms with Gasteiger partial charge in [-0.25, -0.2) is 14.8 Å². The summed E-state index contributed by atoms with van der Waals surface area (Å²) in [5.74, 6) is -0.227. The molecule has 0 bridgehead atoms. The number of carbonyl (C=O) groups excluding carboxylic acids is 1. The molecule has 1 fully saturated rings. The number of aryl methyl sites for hydroxylation is 1. The van der Waals surface area contributed by atoms with Crippen molar-refractivity contribution < 1.29 is 9.53 Å². The van der Waals surface area contributed by atoms with Gasteiger partial charge in [-0.3, -0.25) is 19.1 Å². The third kappa shape index (κ3) is 4.33. The normalized spacial score (nSPS) is 15.6. The summed E-state index contributed by atoms with van der Waals surface area (Å²) in [7, 11) is 0. The van der Waals surface area contributed by atoms with E-state index in [-0.39, 0.29) is 29.6 Å². The van der Waals surface area contributed by atoms with Crippen molar-refractivity contribution in [2.75, 3.05) is 26.2 Å². The fourth-order valence-electron chi connectivity index (χ4n) is 3.90. The van der Waals surface area contributed by atoms with Crippen LogP contribution < -0.4 is 11.2 Å². The molecule has 164 valence electrons. The number of nitrogens with one attached hydrogen (secondary N) is 1. The summed E-state index contributed by atoms with van der Waals surface area (Å²) in [5.41, 5.74) is 1.17. The Morgan fingerprint density at radius 3 is 2.61 bits per heavy atom. The van der Waals surface area contributed by atoms with E-state index in [1.54, 1.807) is 19.1 Å². The Balaban J connectivity index is 1.54. The van der Waals surface area contributed by atoms with Crippen molar-refractivity contribution in [2.45, 2.75) is 33.2 Å². The minimum absolute atomic E-state index is 0.0801. The lowest BCUT2D eigenvalue weighted by molar-refractivity contribution is -0.149. The number of aromatic amines is 1. The molecule has 3 aromatic rings. The number of H-pyrrole nitrogens is 1. The van der Waals surface area contributed by atoms with Gasteiger partial charge in [0.2, 0.25) is 0 Å². The Bertz CT molecular complexity index is 1260. The molecule has 0 atom stereocenters. The Kier molecular flexibility index (Phi) is 6.06. The predicted octanol–water partition coefficient (Wildman–Crippen LogP) is 1.87. The summed E-state index contributed by atoms with van der Waals surface area (Å²) in [4.78, 5) is 51.0. The second kappa shape index (κ2) is 8.76. The average molecular weight is 446 g/mol. The molecule has 0 spiro atoms.